The zero-order chi connectivity index (χ0) is 17.8. The number of hydrogen-bond donors (Lipinski definition) is 0. The molecule has 25 heavy (non-hydrogen) atoms. The minimum Gasteiger partial charge on any atom is -0.313 e. The van der Waals surface area contributed by atoms with Gasteiger partial charge in [0, 0.05) is 24.0 Å². The van der Waals surface area contributed by atoms with Crippen LogP contribution in [0.25, 0.3) is 10.9 Å². The lowest BCUT2D eigenvalue weighted by atomic mass is 10.2. The molecule has 3 aromatic rings. The van der Waals surface area contributed by atoms with E-state index in [1.165, 1.54) is 18.3 Å². The van der Waals surface area contributed by atoms with Crippen molar-refractivity contribution < 1.29 is 9.18 Å². The lowest BCUT2D eigenvalue weighted by Crippen LogP contribution is -2.31. The Morgan fingerprint density at radius 2 is 1.88 bits per heavy atom. The summed E-state index contributed by atoms with van der Waals surface area (Å²) in [5.74, 6) is -0.421. The van der Waals surface area contributed by atoms with Crippen LogP contribution in [0.4, 0.5) is 10.1 Å². The first-order valence-electron chi connectivity index (χ1n) is 8.11. The highest BCUT2D eigenvalue weighted by Crippen LogP contribution is 2.16. The van der Waals surface area contributed by atoms with E-state index in [1.807, 2.05) is 19.1 Å². The molecule has 0 radical (unpaired) electrons. The number of hydrogen-bond acceptors (Lipinski definition) is 3. The Hall–Kier alpha value is -3.02. The van der Waals surface area contributed by atoms with Crippen LogP contribution < -0.4 is 10.3 Å². The second-order valence-corrected chi connectivity index (χ2v) is 5.61. The molecule has 1 aromatic heterocycles. The molecule has 0 aliphatic rings. The highest BCUT2D eigenvalue weighted by atomic mass is 19.1. The average molecular weight is 339 g/mol. The Morgan fingerprint density at radius 3 is 2.60 bits per heavy atom. The molecule has 0 saturated carbocycles. The summed E-state index contributed by atoms with van der Waals surface area (Å²) in [4.78, 5) is 26.0. The van der Waals surface area contributed by atoms with Gasteiger partial charge in [0.05, 0.1) is 18.3 Å². The molecule has 0 bridgehead atoms. The summed E-state index contributed by atoms with van der Waals surface area (Å²) < 4.78 is 14.7. The monoisotopic (exact) mass is 339 g/mol. The van der Waals surface area contributed by atoms with Gasteiger partial charge in [0.2, 0.25) is 11.3 Å². The van der Waals surface area contributed by atoms with Gasteiger partial charge in [-0.1, -0.05) is 12.1 Å². The number of carbonyl (C=O) groups excluding carboxylic acids is 1. The van der Waals surface area contributed by atoms with Crippen LogP contribution in [0.5, 0.6) is 0 Å². The summed E-state index contributed by atoms with van der Waals surface area (Å²) in [5, 5.41) is 4.71. The van der Waals surface area contributed by atoms with Crippen molar-refractivity contribution in [3.8, 4) is 0 Å². The van der Waals surface area contributed by atoms with E-state index in [-0.39, 0.29) is 23.6 Å². The minimum absolute atomic E-state index is 0.0845. The molecule has 0 saturated heterocycles. The summed E-state index contributed by atoms with van der Waals surface area (Å²) in [6.07, 6.45) is 1.50. The van der Waals surface area contributed by atoms with Crippen LogP contribution in [-0.4, -0.2) is 22.2 Å². The topological polar surface area (TPSA) is 55.2 Å². The number of aromatic nitrogens is 2. The molecule has 0 fully saturated rings. The normalized spacial score (nSPS) is 10.8. The second kappa shape index (κ2) is 7.25. The molecule has 0 aliphatic carbocycles. The third-order valence-electron chi connectivity index (χ3n) is 4.06. The predicted molar refractivity (Wildman–Crippen MR) is 95.0 cm³/mol. The van der Waals surface area contributed by atoms with E-state index in [1.54, 1.807) is 33.8 Å². The minimum atomic E-state index is -0.337. The lowest BCUT2D eigenvalue weighted by Gasteiger charge is -2.21. The smallest absolute Gasteiger partial charge is 0.228 e. The Morgan fingerprint density at radius 1 is 1.16 bits per heavy atom. The molecule has 2 aromatic carbocycles. The van der Waals surface area contributed by atoms with Gasteiger partial charge < -0.3 is 4.90 Å². The quantitative estimate of drug-likeness (QED) is 0.718. The molecule has 0 unspecified atom stereocenters. The fourth-order valence-corrected chi connectivity index (χ4v) is 2.80. The zero-order valence-corrected chi connectivity index (χ0v) is 13.9. The Labute approximate surface area is 144 Å². The molecule has 0 spiro atoms. The van der Waals surface area contributed by atoms with Crippen molar-refractivity contribution in [1.82, 2.24) is 9.78 Å². The van der Waals surface area contributed by atoms with Crippen molar-refractivity contribution in [2.45, 2.75) is 19.9 Å². The van der Waals surface area contributed by atoms with E-state index in [2.05, 4.69) is 5.10 Å². The average Bonchev–Trinajstić information content (AvgIpc) is 2.63. The summed E-state index contributed by atoms with van der Waals surface area (Å²) >= 11 is 0. The summed E-state index contributed by atoms with van der Waals surface area (Å²) in [6.45, 7) is 2.72. The fourth-order valence-electron chi connectivity index (χ4n) is 2.80. The number of fused-ring (bicyclic) bond motifs is 1. The van der Waals surface area contributed by atoms with Crippen LogP contribution >= 0.6 is 0 Å². The number of nitrogens with zero attached hydrogens (tertiary/aromatic N) is 3. The Bertz CT molecular complexity index is 951. The number of anilines is 1. The van der Waals surface area contributed by atoms with Crippen molar-refractivity contribution in [3.63, 3.8) is 0 Å². The zero-order valence-electron chi connectivity index (χ0n) is 13.9. The van der Waals surface area contributed by atoms with E-state index in [4.69, 9.17) is 0 Å². The van der Waals surface area contributed by atoms with Crippen molar-refractivity contribution in [1.29, 1.82) is 0 Å². The number of para-hydroxylation sites is 1. The van der Waals surface area contributed by atoms with Crippen LogP contribution in [0.2, 0.25) is 0 Å². The molecule has 6 heteroatoms. The van der Waals surface area contributed by atoms with Gasteiger partial charge in [-0.3, -0.25) is 14.3 Å². The van der Waals surface area contributed by atoms with Crippen molar-refractivity contribution in [2.75, 3.05) is 11.4 Å². The third-order valence-corrected chi connectivity index (χ3v) is 4.06. The summed E-state index contributed by atoms with van der Waals surface area (Å²) in [7, 11) is 0. The first kappa shape index (κ1) is 16.8. The van der Waals surface area contributed by atoms with E-state index in [0.29, 0.717) is 29.7 Å². The third kappa shape index (κ3) is 3.57. The van der Waals surface area contributed by atoms with Crippen molar-refractivity contribution >= 4 is 22.5 Å². The molecule has 128 valence electrons. The van der Waals surface area contributed by atoms with Gasteiger partial charge in [-0.25, -0.2) is 4.39 Å². The molecule has 3 rings (SSSR count). The van der Waals surface area contributed by atoms with Gasteiger partial charge in [-0.05, 0) is 43.3 Å². The first-order valence-corrected chi connectivity index (χ1v) is 8.11. The van der Waals surface area contributed by atoms with Gasteiger partial charge in [-0.2, -0.15) is 5.10 Å². The Kier molecular flexibility index (Phi) is 4.88. The maximum absolute atomic E-state index is 13.1. The number of halogens is 1. The molecular weight excluding hydrogens is 321 g/mol. The second-order valence-electron chi connectivity index (χ2n) is 5.61. The van der Waals surface area contributed by atoms with Gasteiger partial charge in [0.25, 0.3) is 0 Å². The molecule has 0 N–H and O–H groups in total. The number of benzene rings is 2. The highest BCUT2D eigenvalue weighted by molar-refractivity contribution is 5.93. The van der Waals surface area contributed by atoms with Gasteiger partial charge in [0.15, 0.2) is 0 Å². The van der Waals surface area contributed by atoms with Gasteiger partial charge >= 0.3 is 0 Å². The first-order chi connectivity index (χ1) is 12.1. The maximum atomic E-state index is 13.1. The lowest BCUT2D eigenvalue weighted by molar-refractivity contribution is -0.118. The molecule has 1 heterocycles. The summed E-state index contributed by atoms with van der Waals surface area (Å²) in [6, 6.07) is 13.0. The number of carbonyl (C=O) groups is 1. The fraction of sp³-hybridized carbons (Fsp3) is 0.211. The van der Waals surface area contributed by atoms with Crippen molar-refractivity contribution in [2.24, 2.45) is 0 Å². The molecule has 0 aliphatic heterocycles. The number of amides is 1. The standard InChI is InChI=1S/C19H18FN3O2/c1-2-22(15-9-7-14(20)8-10-15)19(25)11-12-23-17-6-4-3-5-16(17)18(24)13-21-23/h3-10,13H,2,11-12H2,1H3. The number of rotatable bonds is 5. The van der Waals surface area contributed by atoms with Crippen LogP contribution in [0, 0.1) is 5.82 Å². The molecule has 0 atom stereocenters. The predicted octanol–water partition coefficient (Wildman–Crippen LogP) is 2.98. The van der Waals surface area contributed by atoms with Crippen LogP contribution in [0.3, 0.4) is 0 Å². The van der Waals surface area contributed by atoms with E-state index in [9.17, 15) is 14.0 Å². The van der Waals surface area contributed by atoms with Gasteiger partial charge in [0.1, 0.15) is 5.82 Å². The van der Waals surface area contributed by atoms with Crippen LogP contribution in [-0.2, 0) is 11.3 Å². The van der Waals surface area contributed by atoms with E-state index < -0.39 is 0 Å². The SMILES string of the molecule is CCN(C(=O)CCn1ncc(=O)c2ccccc21)c1ccc(F)cc1. The highest BCUT2D eigenvalue weighted by Gasteiger charge is 2.14. The molecule has 5 nitrogen and oxygen atoms in total. The largest absolute Gasteiger partial charge is 0.313 e. The number of aryl methyl sites for hydroxylation is 1. The van der Waals surface area contributed by atoms with Crippen LogP contribution in [0.15, 0.2) is 59.5 Å². The van der Waals surface area contributed by atoms with E-state index in [0.717, 1.165) is 0 Å². The molecule has 1 amide bonds. The maximum Gasteiger partial charge on any atom is 0.228 e. The summed E-state index contributed by atoms with van der Waals surface area (Å²) in [5.41, 5.74) is 1.22. The van der Waals surface area contributed by atoms with E-state index >= 15 is 0 Å². The Balaban J connectivity index is 1.79. The van der Waals surface area contributed by atoms with Crippen molar-refractivity contribution in [3.05, 3.63) is 70.8 Å². The van der Waals surface area contributed by atoms with Crippen LogP contribution in [0.1, 0.15) is 13.3 Å². The van der Waals surface area contributed by atoms with Gasteiger partial charge in [-0.15, -0.1) is 0 Å². The molecular formula is C19H18FN3O2.